The fourth-order valence-corrected chi connectivity index (χ4v) is 4.46. The first-order valence-electron chi connectivity index (χ1n) is 11.9. The summed E-state index contributed by atoms with van der Waals surface area (Å²) in [6, 6.07) is 20.3. The van der Waals surface area contributed by atoms with Crippen molar-refractivity contribution in [1.29, 1.82) is 5.26 Å². The summed E-state index contributed by atoms with van der Waals surface area (Å²) in [5.74, 6) is -0.212. The third kappa shape index (κ3) is 7.62. The number of nitrogens with zero attached hydrogens (tertiary/aromatic N) is 3. The molecule has 0 aliphatic carbocycles. The second kappa shape index (κ2) is 13.2. The highest BCUT2D eigenvalue weighted by Gasteiger charge is 2.20. The smallest absolute Gasteiger partial charge is 0.258 e. The number of hydrogen-bond acceptors (Lipinski definition) is 4. The molecule has 0 aromatic heterocycles. The summed E-state index contributed by atoms with van der Waals surface area (Å²) in [5, 5.41) is 16.9. The van der Waals surface area contributed by atoms with E-state index in [2.05, 4.69) is 28.9 Å². The summed E-state index contributed by atoms with van der Waals surface area (Å²) in [7, 11) is 0. The van der Waals surface area contributed by atoms with Crippen LogP contribution in [0.15, 0.2) is 96.3 Å². The molecule has 0 spiro atoms. The van der Waals surface area contributed by atoms with Crippen molar-refractivity contribution >= 4 is 52.4 Å². The van der Waals surface area contributed by atoms with E-state index >= 15 is 0 Å². The number of amides is 1. The third-order valence-corrected chi connectivity index (χ3v) is 6.49. The van der Waals surface area contributed by atoms with Gasteiger partial charge in [0.1, 0.15) is 0 Å². The molecule has 0 radical (unpaired) electrons. The molecular formula is C29H24Cl3N5O. The van der Waals surface area contributed by atoms with Crippen LogP contribution >= 0.6 is 34.8 Å². The zero-order valence-electron chi connectivity index (χ0n) is 20.2. The van der Waals surface area contributed by atoms with E-state index in [1.807, 2.05) is 23.4 Å². The van der Waals surface area contributed by atoms with Crippen molar-refractivity contribution in [2.45, 2.75) is 18.9 Å². The van der Waals surface area contributed by atoms with E-state index < -0.39 is 11.9 Å². The maximum Gasteiger partial charge on any atom is 0.258 e. The molecule has 0 fully saturated rings. The Hall–Kier alpha value is -3.76. The van der Waals surface area contributed by atoms with E-state index in [0.29, 0.717) is 38.4 Å². The predicted octanol–water partition coefficient (Wildman–Crippen LogP) is 7.58. The Morgan fingerprint density at radius 3 is 2.37 bits per heavy atom. The molecule has 1 atom stereocenters. The molecule has 1 amide bonds. The van der Waals surface area contributed by atoms with Crippen molar-refractivity contribution in [1.82, 2.24) is 10.2 Å². The normalized spacial score (nSPS) is 13.9. The van der Waals surface area contributed by atoms with Gasteiger partial charge in [-0.2, -0.15) is 5.26 Å². The summed E-state index contributed by atoms with van der Waals surface area (Å²) >= 11 is 18.8. The zero-order valence-corrected chi connectivity index (χ0v) is 22.5. The SMILES string of the molecule is N#Cc1cccc(C(=O)NC(=NC(CN2C=CCCC=C2)c2ccc(Cl)cc2Cl)Nc2ccc(Cl)cc2)c1. The summed E-state index contributed by atoms with van der Waals surface area (Å²) in [4.78, 5) is 20.2. The molecule has 1 unspecified atom stereocenters. The minimum absolute atomic E-state index is 0.207. The average Bonchev–Trinajstić information content (AvgIpc) is 3.18. The molecule has 1 aliphatic rings. The Balaban J connectivity index is 1.73. The molecule has 1 aliphatic heterocycles. The molecule has 38 heavy (non-hydrogen) atoms. The van der Waals surface area contributed by atoms with Gasteiger partial charge in [0.15, 0.2) is 0 Å². The summed E-state index contributed by atoms with van der Waals surface area (Å²) < 4.78 is 0. The monoisotopic (exact) mass is 563 g/mol. The molecular weight excluding hydrogens is 541 g/mol. The Bertz CT molecular complexity index is 1410. The molecule has 0 saturated carbocycles. The van der Waals surface area contributed by atoms with Crippen molar-refractivity contribution in [3.63, 3.8) is 0 Å². The van der Waals surface area contributed by atoms with Crippen molar-refractivity contribution < 1.29 is 4.79 Å². The summed E-state index contributed by atoms with van der Waals surface area (Å²) in [5.41, 5.74) is 2.13. The van der Waals surface area contributed by atoms with Crippen LogP contribution in [-0.4, -0.2) is 23.3 Å². The number of aliphatic imine (C=N–C) groups is 1. The van der Waals surface area contributed by atoms with Crippen molar-refractivity contribution in [3.05, 3.63) is 123 Å². The molecule has 6 nitrogen and oxygen atoms in total. The number of carbonyl (C=O) groups is 1. The second-order valence-corrected chi connectivity index (χ2v) is 9.76. The zero-order chi connectivity index (χ0) is 26.9. The number of hydrogen-bond donors (Lipinski definition) is 2. The van der Waals surface area contributed by atoms with Gasteiger partial charge < -0.3 is 10.2 Å². The van der Waals surface area contributed by atoms with Gasteiger partial charge in [0.2, 0.25) is 5.96 Å². The molecule has 0 bridgehead atoms. The Labute approximate surface area is 236 Å². The van der Waals surface area contributed by atoms with E-state index in [1.165, 1.54) is 6.07 Å². The lowest BCUT2D eigenvalue weighted by atomic mass is 10.1. The largest absolute Gasteiger partial charge is 0.352 e. The maximum atomic E-state index is 13.2. The Kier molecular flexibility index (Phi) is 9.45. The Morgan fingerprint density at radius 2 is 1.68 bits per heavy atom. The van der Waals surface area contributed by atoms with Gasteiger partial charge >= 0.3 is 0 Å². The van der Waals surface area contributed by atoms with Gasteiger partial charge in [-0.25, -0.2) is 4.99 Å². The van der Waals surface area contributed by atoms with Gasteiger partial charge in [-0.1, -0.05) is 59.1 Å². The number of guanidine groups is 1. The fraction of sp³-hybridized carbons (Fsp3) is 0.138. The van der Waals surface area contributed by atoms with E-state index in [-0.39, 0.29) is 5.96 Å². The maximum absolute atomic E-state index is 13.2. The molecule has 1 heterocycles. The molecule has 3 aromatic carbocycles. The fourth-order valence-electron chi connectivity index (χ4n) is 3.80. The third-order valence-electron chi connectivity index (χ3n) is 5.68. The number of carbonyl (C=O) groups excluding carboxylic acids is 1. The van der Waals surface area contributed by atoms with Gasteiger partial charge in [0.25, 0.3) is 5.91 Å². The first-order valence-corrected chi connectivity index (χ1v) is 13.0. The number of allylic oxidation sites excluding steroid dienone is 2. The molecule has 2 N–H and O–H groups in total. The standard InChI is InChI=1S/C29H24Cl3N5O/c30-22-8-11-24(12-9-22)34-29(36-28(38)21-7-5-6-20(16-21)18-33)35-27(19-37-14-3-1-2-4-15-37)25-13-10-23(31)17-26(25)32/h3-17,27H,1-2,19H2,(H2,34,35,36,38). The van der Waals surface area contributed by atoms with Crippen LogP contribution < -0.4 is 10.6 Å². The van der Waals surface area contributed by atoms with Crippen LogP contribution in [0, 0.1) is 11.3 Å². The van der Waals surface area contributed by atoms with Crippen LogP contribution in [0.5, 0.6) is 0 Å². The van der Waals surface area contributed by atoms with Crippen LogP contribution in [0.4, 0.5) is 5.69 Å². The second-order valence-electron chi connectivity index (χ2n) is 8.48. The van der Waals surface area contributed by atoms with Crippen molar-refractivity contribution in [3.8, 4) is 6.07 Å². The van der Waals surface area contributed by atoms with Gasteiger partial charge in [-0.3, -0.25) is 10.1 Å². The first-order chi connectivity index (χ1) is 18.4. The lowest BCUT2D eigenvalue weighted by Crippen LogP contribution is -2.37. The highest BCUT2D eigenvalue weighted by molar-refractivity contribution is 6.35. The summed E-state index contributed by atoms with van der Waals surface area (Å²) in [6.07, 6.45) is 10.1. The average molecular weight is 565 g/mol. The van der Waals surface area contributed by atoms with E-state index in [1.54, 1.807) is 54.6 Å². The minimum Gasteiger partial charge on any atom is -0.352 e. The van der Waals surface area contributed by atoms with Crippen LogP contribution in [0.2, 0.25) is 15.1 Å². The molecule has 4 rings (SSSR count). The number of halogens is 3. The molecule has 192 valence electrons. The van der Waals surface area contributed by atoms with Crippen LogP contribution in [0.25, 0.3) is 0 Å². The number of benzene rings is 3. The van der Waals surface area contributed by atoms with Crippen molar-refractivity contribution in [2.75, 3.05) is 11.9 Å². The highest BCUT2D eigenvalue weighted by Crippen LogP contribution is 2.30. The lowest BCUT2D eigenvalue weighted by molar-refractivity contribution is 0.0976. The molecule has 3 aromatic rings. The van der Waals surface area contributed by atoms with Gasteiger partial charge in [-0.15, -0.1) is 0 Å². The summed E-state index contributed by atoms with van der Waals surface area (Å²) in [6.45, 7) is 0.458. The van der Waals surface area contributed by atoms with Gasteiger partial charge in [0, 0.05) is 32.9 Å². The van der Waals surface area contributed by atoms with Crippen LogP contribution in [-0.2, 0) is 0 Å². The topological polar surface area (TPSA) is 80.5 Å². The van der Waals surface area contributed by atoms with Crippen LogP contribution in [0.1, 0.15) is 40.4 Å². The number of nitriles is 1. The van der Waals surface area contributed by atoms with Gasteiger partial charge in [0.05, 0.1) is 17.7 Å². The highest BCUT2D eigenvalue weighted by atomic mass is 35.5. The van der Waals surface area contributed by atoms with E-state index in [9.17, 15) is 10.1 Å². The predicted molar refractivity (Wildman–Crippen MR) is 155 cm³/mol. The molecule has 9 heteroatoms. The van der Waals surface area contributed by atoms with Crippen LogP contribution in [0.3, 0.4) is 0 Å². The first kappa shape index (κ1) is 27.3. The lowest BCUT2D eigenvalue weighted by Gasteiger charge is -2.23. The van der Waals surface area contributed by atoms with E-state index in [4.69, 9.17) is 39.8 Å². The van der Waals surface area contributed by atoms with Gasteiger partial charge in [-0.05, 0) is 85.4 Å². The Morgan fingerprint density at radius 1 is 0.974 bits per heavy atom. The van der Waals surface area contributed by atoms with Crippen molar-refractivity contribution in [2.24, 2.45) is 4.99 Å². The quantitative estimate of drug-likeness (QED) is 0.239. The van der Waals surface area contributed by atoms with E-state index in [0.717, 1.165) is 18.4 Å². The molecule has 0 saturated heterocycles. The number of rotatable bonds is 6. The number of nitrogens with one attached hydrogen (secondary N) is 2. The number of anilines is 1. The minimum atomic E-state index is -0.479.